The predicted octanol–water partition coefficient (Wildman–Crippen LogP) is 1.68. The number of nitrogens with one attached hydrogen (secondary N) is 1. The maximum absolute atomic E-state index is 10.6. The van der Waals surface area contributed by atoms with Crippen LogP contribution in [0.3, 0.4) is 0 Å². The summed E-state index contributed by atoms with van der Waals surface area (Å²) in [5.41, 5.74) is 0. The van der Waals surface area contributed by atoms with E-state index in [1.54, 1.807) is 0 Å². The zero-order chi connectivity index (χ0) is 11.0. The van der Waals surface area contributed by atoms with Crippen LogP contribution in [-0.2, 0) is 0 Å². The Balaban J connectivity index is 2.05. The third kappa shape index (κ3) is 2.15. The van der Waals surface area contributed by atoms with E-state index in [0.717, 1.165) is 0 Å². The number of rotatable bonds is 3. The Morgan fingerprint density at radius 3 is 2.73 bits per heavy atom. The van der Waals surface area contributed by atoms with E-state index >= 15 is 0 Å². The first-order chi connectivity index (χ1) is 7.06. The molecule has 82 valence electrons. The molecular formula is C9H10BrNO4. The molecule has 0 bridgehead atoms. The molecule has 0 saturated heterocycles. The fraction of sp³-hybridized carbons (Fsp3) is 0.444. The minimum Gasteiger partial charge on any atom is -0.475 e. The molecule has 0 aliphatic heterocycles. The maximum atomic E-state index is 10.6. The zero-order valence-electron chi connectivity index (χ0n) is 7.74. The topological polar surface area (TPSA) is 82.7 Å². The molecule has 15 heavy (non-hydrogen) atoms. The standard InChI is InChI=1S/C9H10BrNO4/c10-6-3-7(9(13)14)15-8(6)11-4-1-5(12)2-4/h3-5,11-12H,1-2H2,(H,13,14). The molecule has 0 radical (unpaired) electrons. The Morgan fingerprint density at radius 2 is 2.27 bits per heavy atom. The van der Waals surface area contributed by atoms with Crippen molar-refractivity contribution in [1.82, 2.24) is 0 Å². The summed E-state index contributed by atoms with van der Waals surface area (Å²) in [4.78, 5) is 10.6. The van der Waals surface area contributed by atoms with E-state index < -0.39 is 5.97 Å². The smallest absolute Gasteiger partial charge is 0.371 e. The quantitative estimate of drug-likeness (QED) is 0.782. The van der Waals surface area contributed by atoms with Gasteiger partial charge in [0.25, 0.3) is 0 Å². The van der Waals surface area contributed by atoms with Crippen molar-refractivity contribution in [3.05, 3.63) is 16.3 Å². The molecule has 3 N–H and O–H groups in total. The van der Waals surface area contributed by atoms with Gasteiger partial charge in [0, 0.05) is 12.1 Å². The first-order valence-corrected chi connectivity index (χ1v) is 5.33. The monoisotopic (exact) mass is 275 g/mol. The second kappa shape index (κ2) is 3.86. The Morgan fingerprint density at radius 1 is 1.60 bits per heavy atom. The van der Waals surface area contributed by atoms with Gasteiger partial charge >= 0.3 is 5.97 Å². The van der Waals surface area contributed by atoms with Crippen molar-refractivity contribution in [1.29, 1.82) is 0 Å². The molecule has 1 aromatic heterocycles. The molecule has 0 amide bonds. The van der Waals surface area contributed by atoms with E-state index in [1.165, 1.54) is 6.07 Å². The molecule has 6 heteroatoms. The van der Waals surface area contributed by atoms with Gasteiger partial charge in [0.05, 0.1) is 10.6 Å². The second-order valence-electron chi connectivity index (χ2n) is 3.56. The van der Waals surface area contributed by atoms with Crippen molar-refractivity contribution in [3.63, 3.8) is 0 Å². The molecule has 0 unspecified atom stereocenters. The van der Waals surface area contributed by atoms with E-state index in [-0.39, 0.29) is 17.9 Å². The number of carbonyl (C=O) groups is 1. The maximum Gasteiger partial charge on any atom is 0.371 e. The van der Waals surface area contributed by atoms with Crippen LogP contribution in [-0.4, -0.2) is 28.3 Å². The van der Waals surface area contributed by atoms with Gasteiger partial charge in [-0.25, -0.2) is 4.79 Å². The molecule has 2 rings (SSSR count). The van der Waals surface area contributed by atoms with Crippen LogP contribution in [0.15, 0.2) is 15.0 Å². The predicted molar refractivity (Wildman–Crippen MR) is 56.0 cm³/mol. The van der Waals surface area contributed by atoms with Crippen molar-refractivity contribution < 1.29 is 19.4 Å². The van der Waals surface area contributed by atoms with Crippen molar-refractivity contribution in [2.75, 3.05) is 5.32 Å². The Bertz CT molecular complexity index is 383. The van der Waals surface area contributed by atoms with Crippen molar-refractivity contribution in [2.24, 2.45) is 0 Å². The molecule has 1 aliphatic rings. The lowest BCUT2D eigenvalue weighted by Gasteiger charge is -2.31. The molecule has 1 saturated carbocycles. The van der Waals surface area contributed by atoms with E-state index in [9.17, 15) is 4.79 Å². The van der Waals surface area contributed by atoms with Gasteiger partial charge in [0.2, 0.25) is 11.6 Å². The number of furan rings is 1. The minimum absolute atomic E-state index is 0.107. The molecule has 1 aliphatic carbocycles. The summed E-state index contributed by atoms with van der Waals surface area (Å²) in [5.74, 6) is -0.800. The molecule has 1 heterocycles. The number of aromatic carboxylic acids is 1. The van der Waals surface area contributed by atoms with Crippen molar-refractivity contribution in [3.8, 4) is 0 Å². The van der Waals surface area contributed by atoms with E-state index in [0.29, 0.717) is 23.2 Å². The summed E-state index contributed by atoms with van der Waals surface area (Å²) in [5, 5.41) is 20.8. The highest BCUT2D eigenvalue weighted by Gasteiger charge is 2.28. The Labute approximate surface area is 94.2 Å². The molecule has 5 nitrogen and oxygen atoms in total. The lowest BCUT2D eigenvalue weighted by Crippen LogP contribution is -2.38. The second-order valence-corrected chi connectivity index (χ2v) is 4.41. The number of carboxylic acid groups (broad SMARTS) is 1. The van der Waals surface area contributed by atoms with Gasteiger partial charge in [-0.05, 0) is 28.8 Å². The number of halogens is 1. The van der Waals surface area contributed by atoms with Gasteiger partial charge in [-0.1, -0.05) is 0 Å². The average molecular weight is 276 g/mol. The van der Waals surface area contributed by atoms with Crippen molar-refractivity contribution in [2.45, 2.75) is 25.0 Å². The van der Waals surface area contributed by atoms with Gasteiger partial charge in [-0.2, -0.15) is 0 Å². The largest absolute Gasteiger partial charge is 0.475 e. The average Bonchev–Trinajstić information content (AvgIpc) is 2.45. The first-order valence-electron chi connectivity index (χ1n) is 4.53. The van der Waals surface area contributed by atoms with Gasteiger partial charge in [0.1, 0.15) is 0 Å². The third-order valence-corrected chi connectivity index (χ3v) is 2.93. The number of carboxylic acids is 1. The highest BCUT2D eigenvalue weighted by Crippen LogP contribution is 2.31. The van der Waals surface area contributed by atoms with Crippen LogP contribution in [0.1, 0.15) is 23.4 Å². The summed E-state index contributed by atoms with van der Waals surface area (Å²) in [7, 11) is 0. The molecule has 1 aromatic rings. The Hall–Kier alpha value is -1.01. The summed E-state index contributed by atoms with van der Waals surface area (Å²) in [6.45, 7) is 0. The van der Waals surface area contributed by atoms with E-state index in [1.807, 2.05) is 0 Å². The lowest BCUT2D eigenvalue weighted by atomic mass is 9.90. The third-order valence-electron chi connectivity index (χ3n) is 2.35. The molecular weight excluding hydrogens is 266 g/mol. The van der Waals surface area contributed by atoms with Gasteiger partial charge < -0.3 is 19.9 Å². The van der Waals surface area contributed by atoms with Crippen LogP contribution >= 0.6 is 15.9 Å². The number of hydrogen-bond donors (Lipinski definition) is 3. The van der Waals surface area contributed by atoms with Crippen LogP contribution in [0, 0.1) is 0 Å². The summed E-state index contributed by atoms with van der Waals surface area (Å²) < 4.78 is 5.66. The van der Waals surface area contributed by atoms with Crippen LogP contribution in [0.2, 0.25) is 0 Å². The number of aliphatic hydroxyl groups excluding tert-OH is 1. The normalized spacial score (nSPS) is 24.7. The number of anilines is 1. The fourth-order valence-electron chi connectivity index (χ4n) is 1.46. The molecule has 1 fully saturated rings. The highest BCUT2D eigenvalue weighted by molar-refractivity contribution is 9.10. The number of hydrogen-bond acceptors (Lipinski definition) is 4. The van der Waals surface area contributed by atoms with Gasteiger partial charge in [-0.3, -0.25) is 0 Å². The van der Waals surface area contributed by atoms with E-state index in [2.05, 4.69) is 21.2 Å². The summed E-state index contributed by atoms with van der Waals surface area (Å²) in [6.07, 6.45) is 1.07. The van der Waals surface area contributed by atoms with Gasteiger partial charge in [-0.15, -0.1) is 0 Å². The molecule has 0 aromatic carbocycles. The van der Waals surface area contributed by atoms with Crippen LogP contribution < -0.4 is 5.32 Å². The van der Waals surface area contributed by atoms with Crippen LogP contribution in [0.25, 0.3) is 0 Å². The SMILES string of the molecule is O=C(O)c1cc(Br)c(NC2CC(O)C2)o1. The molecule has 0 spiro atoms. The Kier molecular flexibility index (Phi) is 2.70. The highest BCUT2D eigenvalue weighted by atomic mass is 79.9. The molecule has 0 atom stereocenters. The van der Waals surface area contributed by atoms with Gasteiger partial charge in [0.15, 0.2) is 0 Å². The van der Waals surface area contributed by atoms with Crippen LogP contribution in [0.4, 0.5) is 5.88 Å². The van der Waals surface area contributed by atoms with E-state index in [4.69, 9.17) is 14.6 Å². The minimum atomic E-state index is -1.10. The fourth-order valence-corrected chi connectivity index (χ4v) is 1.87. The summed E-state index contributed by atoms with van der Waals surface area (Å²) in [6, 6.07) is 1.56. The lowest BCUT2D eigenvalue weighted by molar-refractivity contribution is 0.0660. The van der Waals surface area contributed by atoms with Crippen LogP contribution in [0.5, 0.6) is 0 Å². The number of aliphatic hydroxyl groups is 1. The zero-order valence-corrected chi connectivity index (χ0v) is 9.32. The summed E-state index contributed by atoms with van der Waals surface area (Å²) >= 11 is 3.20. The first kappa shape index (κ1) is 10.5. The van der Waals surface area contributed by atoms with Crippen molar-refractivity contribution >= 4 is 27.8 Å².